The fourth-order valence-corrected chi connectivity index (χ4v) is 6.51. The average molecular weight is 463 g/mol. The zero-order chi connectivity index (χ0) is 22.6. The van der Waals surface area contributed by atoms with Crippen molar-refractivity contribution in [2.75, 3.05) is 39.5 Å². The first-order valence-corrected chi connectivity index (χ1v) is 12.9. The molecule has 32 heavy (non-hydrogen) atoms. The first kappa shape index (κ1) is 23.8. The number of aliphatic imine (C=N–C) groups is 1. The van der Waals surface area contributed by atoms with Crippen molar-refractivity contribution in [1.82, 2.24) is 4.90 Å². The number of aliphatic hydroxyl groups excluding tert-OH is 1. The molecule has 8 heteroatoms. The number of fused-ring (bicyclic) bond motifs is 2. The lowest BCUT2D eigenvalue weighted by atomic mass is 9.79. The largest absolute Gasteiger partial charge is 0.394 e. The molecule has 2 fully saturated rings. The van der Waals surface area contributed by atoms with Crippen molar-refractivity contribution in [3.63, 3.8) is 0 Å². The minimum atomic E-state index is -0.211. The Bertz CT molecular complexity index is 835. The monoisotopic (exact) mass is 462 g/mol. The van der Waals surface area contributed by atoms with Gasteiger partial charge in [-0.2, -0.15) is 5.10 Å². The molecule has 0 radical (unpaired) electrons. The van der Waals surface area contributed by atoms with Crippen LogP contribution in [0.4, 0.5) is 0 Å². The molecule has 1 aliphatic carbocycles. The minimum absolute atomic E-state index is 0.0473. The fourth-order valence-electron chi connectivity index (χ4n) is 5.33. The van der Waals surface area contributed by atoms with Gasteiger partial charge in [-0.1, -0.05) is 6.92 Å². The topological polar surface area (TPSA) is 92.7 Å². The van der Waals surface area contributed by atoms with Crippen molar-refractivity contribution in [3.05, 3.63) is 21.4 Å². The molecule has 0 aromatic carbocycles. The Morgan fingerprint density at radius 1 is 1.44 bits per heavy atom. The van der Waals surface area contributed by atoms with Crippen LogP contribution in [-0.2, 0) is 27.9 Å². The molecule has 3 heterocycles. The van der Waals surface area contributed by atoms with Crippen molar-refractivity contribution >= 4 is 23.3 Å². The summed E-state index contributed by atoms with van der Waals surface area (Å²) in [7, 11) is 0. The second-order valence-corrected chi connectivity index (χ2v) is 10.7. The lowest BCUT2D eigenvalue weighted by Gasteiger charge is -2.47. The van der Waals surface area contributed by atoms with Crippen molar-refractivity contribution in [2.24, 2.45) is 15.9 Å². The summed E-state index contributed by atoms with van der Waals surface area (Å²) in [5, 5.41) is 13.1. The lowest BCUT2D eigenvalue weighted by Crippen LogP contribution is -2.51. The number of likely N-dealkylation sites (tertiary alicyclic amines) is 1. The Morgan fingerprint density at radius 3 is 2.94 bits per heavy atom. The van der Waals surface area contributed by atoms with E-state index in [-0.39, 0.29) is 17.8 Å². The summed E-state index contributed by atoms with van der Waals surface area (Å²) < 4.78 is 12.3. The van der Waals surface area contributed by atoms with Gasteiger partial charge in [-0.15, -0.1) is 11.3 Å². The number of rotatable bonds is 9. The molecular weight excluding hydrogens is 424 g/mol. The summed E-state index contributed by atoms with van der Waals surface area (Å²) in [5.41, 5.74) is 1.89. The van der Waals surface area contributed by atoms with Gasteiger partial charge in [0.1, 0.15) is 0 Å². The quantitative estimate of drug-likeness (QED) is 0.334. The first-order valence-electron chi connectivity index (χ1n) is 12.0. The molecule has 1 saturated carbocycles. The Hall–Kier alpha value is -1.32. The number of nitrogens with zero attached hydrogens (tertiary/aromatic N) is 3. The smallest absolute Gasteiger partial charge is 0.0969 e. The summed E-state index contributed by atoms with van der Waals surface area (Å²) in [6.45, 7) is 8.00. The summed E-state index contributed by atoms with van der Waals surface area (Å²) in [6, 6.07) is 2.77. The van der Waals surface area contributed by atoms with E-state index in [0.29, 0.717) is 25.7 Å². The highest BCUT2D eigenvalue weighted by Gasteiger charge is 2.44. The molecule has 0 unspecified atom stereocenters. The number of hydrazone groups is 1. The van der Waals surface area contributed by atoms with E-state index >= 15 is 0 Å². The summed E-state index contributed by atoms with van der Waals surface area (Å²) >= 11 is 1.97. The van der Waals surface area contributed by atoms with E-state index in [1.54, 1.807) is 6.21 Å². The lowest BCUT2D eigenvalue weighted by molar-refractivity contribution is -0.108. The molecule has 1 aromatic rings. The molecule has 3 aliphatic rings. The van der Waals surface area contributed by atoms with Crippen LogP contribution in [0.15, 0.2) is 16.2 Å². The second kappa shape index (κ2) is 10.3. The van der Waals surface area contributed by atoms with Crippen LogP contribution in [0.5, 0.6) is 0 Å². The number of ether oxygens (including phenoxy) is 2. The van der Waals surface area contributed by atoms with Crippen molar-refractivity contribution in [2.45, 2.75) is 76.0 Å². The fraction of sp³-hybridized carbons (Fsp3) is 0.750. The molecular formula is C24H38N4O3S. The van der Waals surface area contributed by atoms with Gasteiger partial charge in [0.05, 0.1) is 43.3 Å². The van der Waals surface area contributed by atoms with E-state index in [4.69, 9.17) is 20.4 Å². The normalized spacial score (nSPS) is 28.2. The van der Waals surface area contributed by atoms with Gasteiger partial charge in [-0.25, -0.2) is 0 Å². The zero-order valence-electron chi connectivity index (χ0n) is 19.5. The predicted molar refractivity (Wildman–Crippen MR) is 130 cm³/mol. The molecule has 0 amide bonds. The van der Waals surface area contributed by atoms with Crippen LogP contribution in [0.3, 0.4) is 0 Å². The Kier molecular flexibility index (Phi) is 7.67. The van der Waals surface area contributed by atoms with Gasteiger partial charge in [-0.3, -0.25) is 9.89 Å². The Balaban J connectivity index is 1.35. The van der Waals surface area contributed by atoms with Crippen LogP contribution < -0.4 is 5.84 Å². The summed E-state index contributed by atoms with van der Waals surface area (Å²) in [5.74, 6) is 5.71. The molecule has 1 aromatic heterocycles. The van der Waals surface area contributed by atoms with Crippen molar-refractivity contribution in [1.29, 1.82) is 0 Å². The second-order valence-electron chi connectivity index (χ2n) is 9.47. The molecule has 4 rings (SSSR count). The van der Waals surface area contributed by atoms with Crippen molar-refractivity contribution < 1.29 is 14.6 Å². The van der Waals surface area contributed by atoms with E-state index in [9.17, 15) is 0 Å². The van der Waals surface area contributed by atoms with Crippen LogP contribution in [-0.4, -0.2) is 73.0 Å². The third kappa shape index (κ3) is 4.94. The van der Waals surface area contributed by atoms with Crippen LogP contribution >= 0.6 is 11.3 Å². The van der Waals surface area contributed by atoms with Crippen LogP contribution in [0.1, 0.15) is 61.3 Å². The number of hydrogen-bond donors (Lipinski definition) is 2. The molecule has 7 nitrogen and oxygen atoms in total. The number of aryl methyl sites for hydroxylation is 1. The standard InChI is InChI=1S/C24H38N4O3S/c1-3-20-13-21-22(32-20)5-11-31-24(21)8-9-28(18(2)14-24)16-19(27-25)15-26-17-23(6-4-7-23)30-12-10-29/h13,15,18,29H,3-12,14,16-17,25H2,1-2H3/b26-15?,27-19+/t18-,24+/m0/s1. The summed E-state index contributed by atoms with van der Waals surface area (Å²) in [6.07, 6.45) is 9.08. The number of piperidine rings is 1. The Morgan fingerprint density at radius 2 is 2.28 bits per heavy atom. The first-order chi connectivity index (χ1) is 15.5. The van der Waals surface area contributed by atoms with Gasteiger partial charge in [0.25, 0.3) is 0 Å². The maximum atomic E-state index is 9.06. The third-order valence-electron chi connectivity index (χ3n) is 7.37. The average Bonchev–Trinajstić information content (AvgIpc) is 3.21. The van der Waals surface area contributed by atoms with Gasteiger partial charge >= 0.3 is 0 Å². The Labute approximate surface area is 195 Å². The SMILES string of the molecule is CCc1cc2c(s1)CCO[C@@]21CCN(C/C(C=NCC2(OCCO)CCC2)=N/N)[C@@H](C)C1. The molecule has 2 atom stereocenters. The molecule has 3 N–H and O–H groups in total. The number of nitrogens with two attached hydrogens (primary N) is 1. The van der Waals surface area contributed by atoms with Gasteiger partial charge in [-0.05, 0) is 57.1 Å². The van der Waals surface area contributed by atoms with Gasteiger partial charge in [0.15, 0.2) is 0 Å². The predicted octanol–water partition coefficient (Wildman–Crippen LogP) is 2.88. The highest BCUT2D eigenvalue weighted by atomic mass is 32.1. The van der Waals surface area contributed by atoms with Crippen LogP contribution in [0.25, 0.3) is 0 Å². The number of thiophene rings is 1. The molecule has 178 valence electrons. The van der Waals surface area contributed by atoms with E-state index in [1.165, 1.54) is 15.3 Å². The van der Waals surface area contributed by atoms with Crippen molar-refractivity contribution in [3.8, 4) is 0 Å². The van der Waals surface area contributed by atoms with Crippen LogP contribution in [0.2, 0.25) is 0 Å². The molecule has 1 spiro atoms. The third-order valence-corrected chi connectivity index (χ3v) is 8.71. The van der Waals surface area contributed by atoms with Gasteiger partial charge < -0.3 is 20.4 Å². The molecule has 0 bridgehead atoms. The van der Waals surface area contributed by atoms with Gasteiger partial charge in [0.2, 0.25) is 0 Å². The number of aliphatic hydroxyl groups is 1. The van der Waals surface area contributed by atoms with Crippen LogP contribution in [0, 0.1) is 0 Å². The number of hydrogen-bond acceptors (Lipinski definition) is 8. The minimum Gasteiger partial charge on any atom is -0.394 e. The highest BCUT2D eigenvalue weighted by Crippen LogP contribution is 2.46. The maximum absolute atomic E-state index is 9.06. The van der Waals surface area contributed by atoms with Gasteiger partial charge in [0, 0.05) is 41.5 Å². The van der Waals surface area contributed by atoms with E-state index in [2.05, 4.69) is 34.9 Å². The van der Waals surface area contributed by atoms with E-state index in [1.807, 2.05) is 11.3 Å². The highest BCUT2D eigenvalue weighted by molar-refractivity contribution is 7.12. The van der Waals surface area contributed by atoms with E-state index < -0.39 is 0 Å². The maximum Gasteiger partial charge on any atom is 0.0969 e. The molecule has 1 saturated heterocycles. The summed E-state index contributed by atoms with van der Waals surface area (Å²) in [4.78, 5) is 10.0. The van der Waals surface area contributed by atoms with E-state index in [0.717, 1.165) is 63.8 Å². The zero-order valence-corrected chi connectivity index (χ0v) is 20.3. The molecule has 2 aliphatic heterocycles.